The summed E-state index contributed by atoms with van der Waals surface area (Å²) in [5.74, 6) is 0. The molecule has 82 valence electrons. The molecule has 1 fully saturated rings. The number of rotatable bonds is 6. The van der Waals surface area contributed by atoms with Gasteiger partial charge in [-0.25, -0.2) is 0 Å². The number of unbranched alkanes of at least 4 members (excludes halogenated alkanes) is 1. The van der Waals surface area contributed by atoms with Crippen molar-refractivity contribution in [2.24, 2.45) is 0 Å². The molecule has 1 aliphatic rings. The zero-order valence-corrected chi connectivity index (χ0v) is 9.17. The Kier molecular flexibility index (Phi) is 5.83. The lowest BCUT2D eigenvalue weighted by Crippen LogP contribution is -2.47. The predicted molar refractivity (Wildman–Crippen MR) is 59.5 cm³/mol. The van der Waals surface area contributed by atoms with E-state index in [4.69, 9.17) is 4.74 Å². The number of nitrogens with zero attached hydrogens (tertiary/aromatic N) is 1. The van der Waals surface area contributed by atoms with Gasteiger partial charge in [-0.3, -0.25) is 0 Å². The molecule has 0 aliphatic carbocycles. The number of morpholine rings is 1. The molecule has 0 aromatic rings. The number of likely N-dealkylation sites (N-methyl/N-ethyl adjacent to an activating group) is 1. The van der Waals surface area contributed by atoms with Gasteiger partial charge in [-0.2, -0.15) is 0 Å². The van der Waals surface area contributed by atoms with Crippen molar-refractivity contribution >= 4 is 0 Å². The summed E-state index contributed by atoms with van der Waals surface area (Å²) in [6, 6.07) is 0.512. The van der Waals surface area contributed by atoms with Gasteiger partial charge in [-0.15, -0.1) is 6.58 Å². The van der Waals surface area contributed by atoms with Gasteiger partial charge in [0.15, 0.2) is 0 Å². The first kappa shape index (κ1) is 11.7. The maximum Gasteiger partial charge on any atom is 0.0632 e. The molecule has 3 nitrogen and oxygen atoms in total. The van der Waals surface area contributed by atoms with Gasteiger partial charge < -0.3 is 15.0 Å². The van der Waals surface area contributed by atoms with Crippen LogP contribution in [-0.2, 0) is 4.74 Å². The zero-order valence-electron chi connectivity index (χ0n) is 9.17. The van der Waals surface area contributed by atoms with Crippen LogP contribution in [0, 0.1) is 0 Å². The van der Waals surface area contributed by atoms with E-state index in [9.17, 15) is 0 Å². The van der Waals surface area contributed by atoms with E-state index in [0.29, 0.717) is 6.04 Å². The summed E-state index contributed by atoms with van der Waals surface area (Å²) in [6.45, 7) is 8.65. The molecule has 0 bridgehead atoms. The Balaban J connectivity index is 2.05. The van der Waals surface area contributed by atoms with Crippen molar-refractivity contribution in [3.05, 3.63) is 12.7 Å². The predicted octanol–water partition coefficient (Wildman–Crippen LogP) is 0.873. The molecule has 1 unspecified atom stereocenters. The minimum atomic E-state index is 0.512. The second-order valence-electron chi connectivity index (χ2n) is 3.92. The topological polar surface area (TPSA) is 24.5 Å². The molecule has 1 N–H and O–H groups in total. The fraction of sp³-hybridized carbons (Fsp3) is 0.818. The van der Waals surface area contributed by atoms with E-state index in [1.165, 1.54) is 6.42 Å². The first-order chi connectivity index (χ1) is 6.83. The second-order valence-corrected chi connectivity index (χ2v) is 3.92. The third-order valence-corrected chi connectivity index (χ3v) is 2.48. The molecule has 3 heteroatoms. The van der Waals surface area contributed by atoms with E-state index in [2.05, 4.69) is 23.8 Å². The summed E-state index contributed by atoms with van der Waals surface area (Å²) in [4.78, 5) is 2.36. The number of nitrogens with one attached hydrogen (secondary N) is 1. The molecule has 0 amide bonds. The van der Waals surface area contributed by atoms with Crippen molar-refractivity contribution in [1.82, 2.24) is 10.2 Å². The SMILES string of the molecule is C=CCCCN(C)CC1COCCN1. The maximum absolute atomic E-state index is 5.40. The number of hydrogen-bond donors (Lipinski definition) is 1. The van der Waals surface area contributed by atoms with Crippen molar-refractivity contribution < 1.29 is 4.74 Å². The van der Waals surface area contributed by atoms with E-state index < -0.39 is 0 Å². The van der Waals surface area contributed by atoms with Crippen molar-refractivity contribution in [3.63, 3.8) is 0 Å². The Morgan fingerprint density at radius 3 is 3.14 bits per heavy atom. The summed E-state index contributed by atoms with van der Waals surface area (Å²) < 4.78 is 5.40. The molecule has 1 atom stereocenters. The molecule has 0 radical (unpaired) electrons. The average molecular weight is 198 g/mol. The Morgan fingerprint density at radius 1 is 1.64 bits per heavy atom. The van der Waals surface area contributed by atoms with Gasteiger partial charge in [0.1, 0.15) is 0 Å². The highest BCUT2D eigenvalue weighted by molar-refractivity contribution is 4.74. The molecule has 0 aromatic carbocycles. The molecular formula is C11H22N2O. The van der Waals surface area contributed by atoms with Crippen molar-refractivity contribution in [1.29, 1.82) is 0 Å². The standard InChI is InChI=1S/C11H22N2O/c1-3-4-5-7-13(2)9-11-10-14-8-6-12-11/h3,11-12H,1,4-10H2,2H3. The summed E-state index contributed by atoms with van der Waals surface area (Å²) >= 11 is 0. The molecule has 1 rings (SSSR count). The minimum absolute atomic E-state index is 0.512. The third-order valence-electron chi connectivity index (χ3n) is 2.48. The summed E-state index contributed by atoms with van der Waals surface area (Å²) in [5.41, 5.74) is 0. The van der Waals surface area contributed by atoms with Crippen LogP contribution in [0.3, 0.4) is 0 Å². The fourth-order valence-electron chi connectivity index (χ4n) is 1.71. The molecule has 14 heavy (non-hydrogen) atoms. The van der Waals surface area contributed by atoms with E-state index in [-0.39, 0.29) is 0 Å². The Labute approximate surface area is 87.1 Å². The van der Waals surface area contributed by atoms with Crippen LogP contribution in [0.5, 0.6) is 0 Å². The number of ether oxygens (including phenoxy) is 1. The van der Waals surface area contributed by atoms with Crippen LogP contribution >= 0.6 is 0 Å². The highest BCUT2D eigenvalue weighted by Crippen LogP contribution is 1.98. The normalized spacial score (nSPS) is 22.6. The van der Waals surface area contributed by atoms with E-state index in [1.54, 1.807) is 0 Å². The van der Waals surface area contributed by atoms with Crippen LogP contribution in [-0.4, -0.2) is 50.8 Å². The van der Waals surface area contributed by atoms with Crippen molar-refractivity contribution in [2.45, 2.75) is 18.9 Å². The maximum atomic E-state index is 5.40. The number of allylic oxidation sites excluding steroid dienone is 1. The largest absolute Gasteiger partial charge is 0.378 e. The lowest BCUT2D eigenvalue weighted by atomic mass is 10.2. The second kappa shape index (κ2) is 6.98. The van der Waals surface area contributed by atoms with Gasteiger partial charge >= 0.3 is 0 Å². The van der Waals surface area contributed by atoms with Gasteiger partial charge in [-0.05, 0) is 26.4 Å². The van der Waals surface area contributed by atoms with E-state index >= 15 is 0 Å². The summed E-state index contributed by atoms with van der Waals surface area (Å²) in [6.07, 6.45) is 4.29. The highest BCUT2D eigenvalue weighted by atomic mass is 16.5. The van der Waals surface area contributed by atoms with Crippen molar-refractivity contribution in [2.75, 3.05) is 39.9 Å². The van der Waals surface area contributed by atoms with Crippen LogP contribution in [0.25, 0.3) is 0 Å². The minimum Gasteiger partial charge on any atom is -0.378 e. The molecule has 1 saturated heterocycles. The Hall–Kier alpha value is -0.380. The van der Waals surface area contributed by atoms with Crippen LogP contribution in [0.15, 0.2) is 12.7 Å². The molecule has 1 heterocycles. The lowest BCUT2D eigenvalue weighted by Gasteiger charge is -2.28. The molecule has 0 aromatic heterocycles. The molecular weight excluding hydrogens is 176 g/mol. The van der Waals surface area contributed by atoms with Gasteiger partial charge in [0.05, 0.1) is 13.2 Å². The fourth-order valence-corrected chi connectivity index (χ4v) is 1.71. The van der Waals surface area contributed by atoms with Gasteiger partial charge in [0.2, 0.25) is 0 Å². The molecule has 1 aliphatic heterocycles. The number of hydrogen-bond acceptors (Lipinski definition) is 3. The van der Waals surface area contributed by atoms with Crippen LogP contribution < -0.4 is 5.32 Å². The van der Waals surface area contributed by atoms with E-state index in [0.717, 1.165) is 39.3 Å². The van der Waals surface area contributed by atoms with Gasteiger partial charge in [0.25, 0.3) is 0 Å². The van der Waals surface area contributed by atoms with E-state index in [1.807, 2.05) is 6.08 Å². The Bertz CT molecular complexity index is 155. The zero-order chi connectivity index (χ0) is 10.2. The monoisotopic (exact) mass is 198 g/mol. The first-order valence-corrected chi connectivity index (χ1v) is 5.43. The summed E-state index contributed by atoms with van der Waals surface area (Å²) in [5, 5.41) is 3.45. The van der Waals surface area contributed by atoms with Crippen LogP contribution in [0.2, 0.25) is 0 Å². The quantitative estimate of drug-likeness (QED) is 0.506. The lowest BCUT2D eigenvalue weighted by molar-refractivity contribution is 0.0652. The molecule has 0 spiro atoms. The Morgan fingerprint density at radius 2 is 2.50 bits per heavy atom. The first-order valence-electron chi connectivity index (χ1n) is 5.43. The average Bonchev–Trinajstić information content (AvgIpc) is 2.20. The summed E-state index contributed by atoms with van der Waals surface area (Å²) in [7, 11) is 2.17. The molecule has 0 saturated carbocycles. The van der Waals surface area contributed by atoms with Crippen LogP contribution in [0.1, 0.15) is 12.8 Å². The van der Waals surface area contributed by atoms with Crippen molar-refractivity contribution in [3.8, 4) is 0 Å². The van der Waals surface area contributed by atoms with Gasteiger partial charge in [0, 0.05) is 19.1 Å². The smallest absolute Gasteiger partial charge is 0.0632 e. The van der Waals surface area contributed by atoms with Crippen LogP contribution in [0.4, 0.5) is 0 Å². The third kappa shape index (κ3) is 4.74. The van der Waals surface area contributed by atoms with Gasteiger partial charge in [-0.1, -0.05) is 6.08 Å². The highest BCUT2D eigenvalue weighted by Gasteiger charge is 2.14.